The molecule has 7 heteroatoms. The van der Waals surface area contributed by atoms with E-state index in [9.17, 15) is 12.8 Å². The van der Waals surface area contributed by atoms with E-state index < -0.39 is 9.84 Å². The van der Waals surface area contributed by atoms with Crippen LogP contribution < -0.4 is 14.8 Å². The maximum absolute atomic E-state index is 14.1. The molecular weight excluding hydrogens is 429 g/mol. The van der Waals surface area contributed by atoms with Gasteiger partial charge in [0, 0.05) is 17.6 Å². The molecule has 1 saturated heterocycles. The molecule has 0 amide bonds. The molecule has 2 aromatic rings. The molecule has 1 aliphatic carbocycles. The van der Waals surface area contributed by atoms with Crippen LogP contribution in [0, 0.1) is 5.82 Å². The molecule has 0 bridgehead atoms. The lowest BCUT2D eigenvalue weighted by Gasteiger charge is -2.32. The summed E-state index contributed by atoms with van der Waals surface area (Å²) in [6, 6.07) is 13.2. The van der Waals surface area contributed by atoms with Gasteiger partial charge in [-0.25, -0.2) is 12.8 Å². The van der Waals surface area contributed by atoms with Crippen molar-refractivity contribution in [2.45, 2.75) is 69.2 Å². The lowest BCUT2D eigenvalue weighted by Crippen LogP contribution is -2.42. The van der Waals surface area contributed by atoms with Crippen LogP contribution in [0.5, 0.6) is 11.5 Å². The molecule has 5 rings (SSSR count). The first-order valence-electron chi connectivity index (χ1n) is 11.6. The largest absolute Gasteiger partial charge is 0.490 e. The second-order valence-electron chi connectivity index (χ2n) is 9.29. The topological polar surface area (TPSA) is 64.6 Å². The Hall–Kier alpha value is -2.12. The van der Waals surface area contributed by atoms with Crippen molar-refractivity contribution in [3.05, 3.63) is 59.4 Å². The second kappa shape index (κ2) is 9.02. The van der Waals surface area contributed by atoms with E-state index in [1.54, 1.807) is 12.1 Å². The Morgan fingerprint density at radius 3 is 2.53 bits per heavy atom. The minimum Gasteiger partial charge on any atom is -0.490 e. The van der Waals surface area contributed by atoms with Crippen molar-refractivity contribution in [2.75, 3.05) is 11.5 Å². The van der Waals surface area contributed by atoms with Gasteiger partial charge in [-0.05, 0) is 74.8 Å². The Kier molecular flexibility index (Phi) is 6.12. The third-order valence-corrected chi connectivity index (χ3v) is 8.68. The molecule has 0 radical (unpaired) electrons. The van der Waals surface area contributed by atoms with Gasteiger partial charge in [-0.1, -0.05) is 18.2 Å². The zero-order chi connectivity index (χ0) is 22.1. The van der Waals surface area contributed by atoms with E-state index >= 15 is 0 Å². The van der Waals surface area contributed by atoms with E-state index in [0.717, 1.165) is 62.0 Å². The van der Waals surface area contributed by atoms with Crippen LogP contribution in [-0.2, 0) is 16.3 Å². The third-order valence-electron chi connectivity index (χ3n) is 6.91. The lowest BCUT2D eigenvalue weighted by atomic mass is 9.92. The maximum atomic E-state index is 14.1. The number of halogens is 1. The zero-order valence-corrected chi connectivity index (χ0v) is 19.0. The molecule has 1 N–H and O–H groups in total. The zero-order valence-electron chi connectivity index (χ0n) is 18.1. The van der Waals surface area contributed by atoms with E-state index in [1.807, 2.05) is 18.2 Å². The van der Waals surface area contributed by atoms with E-state index in [1.165, 1.54) is 6.07 Å². The van der Waals surface area contributed by atoms with Crippen molar-refractivity contribution in [1.82, 2.24) is 5.32 Å². The highest BCUT2D eigenvalue weighted by Crippen LogP contribution is 2.38. The van der Waals surface area contributed by atoms with Gasteiger partial charge >= 0.3 is 0 Å². The van der Waals surface area contributed by atoms with Gasteiger partial charge in [0.15, 0.2) is 9.84 Å². The maximum Gasteiger partial charge on any atom is 0.151 e. The van der Waals surface area contributed by atoms with E-state index in [0.29, 0.717) is 17.4 Å². The van der Waals surface area contributed by atoms with Crippen molar-refractivity contribution in [1.29, 1.82) is 0 Å². The number of aryl methyl sites for hydroxylation is 1. The highest BCUT2D eigenvalue weighted by molar-refractivity contribution is 7.91. The molecule has 2 atom stereocenters. The van der Waals surface area contributed by atoms with Crippen LogP contribution in [0.1, 0.15) is 55.8 Å². The minimum atomic E-state index is -2.84. The van der Waals surface area contributed by atoms with Crippen molar-refractivity contribution >= 4 is 9.84 Å². The van der Waals surface area contributed by atoms with Gasteiger partial charge in [0.1, 0.15) is 23.4 Å². The molecular formula is C25H30FNO4S. The fraction of sp³-hybridized carbons (Fsp3) is 0.520. The van der Waals surface area contributed by atoms with E-state index in [2.05, 4.69) is 11.4 Å². The molecule has 2 aromatic carbocycles. The van der Waals surface area contributed by atoms with Crippen LogP contribution >= 0.6 is 0 Å². The van der Waals surface area contributed by atoms with Crippen molar-refractivity contribution in [2.24, 2.45) is 0 Å². The number of nitrogens with one attached hydrogen (secondary N) is 1. The van der Waals surface area contributed by atoms with Crippen molar-refractivity contribution < 1.29 is 22.3 Å². The number of hydrogen-bond acceptors (Lipinski definition) is 5. The molecule has 0 aromatic heterocycles. The quantitative estimate of drug-likeness (QED) is 0.720. The number of rotatable bonds is 5. The van der Waals surface area contributed by atoms with Crippen LogP contribution in [0.15, 0.2) is 42.5 Å². The van der Waals surface area contributed by atoms with Gasteiger partial charge in [-0.2, -0.15) is 0 Å². The molecule has 5 nitrogen and oxygen atoms in total. The molecule has 2 heterocycles. The van der Waals surface area contributed by atoms with Crippen LogP contribution in [0.4, 0.5) is 4.39 Å². The minimum absolute atomic E-state index is 0.108. The predicted octanol–water partition coefficient (Wildman–Crippen LogP) is 4.36. The monoisotopic (exact) mass is 459 g/mol. The van der Waals surface area contributed by atoms with Gasteiger partial charge in [-0.15, -0.1) is 0 Å². The summed E-state index contributed by atoms with van der Waals surface area (Å²) >= 11 is 0. The van der Waals surface area contributed by atoms with Gasteiger partial charge in [0.2, 0.25) is 0 Å². The van der Waals surface area contributed by atoms with Crippen LogP contribution in [0.2, 0.25) is 0 Å². The Morgan fingerprint density at radius 1 is 0.969 bits per heavy atom. The first kappa shape index (κ1) is 21.7. The molecule has 1 saturated carbocycles. The summed E-state index contributed by atoms with van der Waals surface area (Å²) in [5.41, 5.74) is 1.71. The number of ether oxygens (including phenoxy) is 2. The average Bonchev–Trinajstić information content (AvgIpc) is 3.13. The van der Waals surface area contributed by atoms with E-state index in [4.69, 9.17) is 9.47 Å². The third kappa shape index (κ3) is 4.94. The Bertz CT molecular complexity index is 1070. The summed E-state index contributed by atoms with van der Waals surface area (Å²) in [5.74, 6) is 2.02. The highest BCUT2D eigenvalue weighted by atomic mass is 32.2. The summed E-state index contributed by atoms with van der Waals surface area (Å²) in [6.45, 7) is 0. The first-order chi connectivity index (χ1) is 15.4. The molecule has 2 unspecified atom stereocenters. The first-order valence-corrected chi connectivity index (χ1v) is 13.4. The Labute approximate surface area is 189 Å². The van der Waals surface area contributed by atoms with E-state index in [-0.39, 0.29) is 29.8 Å². The summed E-state index contributed by atoms with van der Waals surface area (Å²) in [5, 5.41) is 3.54. The van der Waals surface area contributed by atoms with Crippen LogP contribution in [0.3, 0.4) is 0 Å². The second-order valence-corrected chi connectivity index (χ2v) is 11.5. The number of sulfone groups is 1. The van der Waals surface area contributed by atoms with Gasteiger partial charge in [-0.3, -0.25) is 0 Å². The lowest BCUT2D eigenvalue weighted by molar-refractivity contribution is 0.136. The SMILES string of the molecule is O=S1(=O)CCC(NC2CCC(Oc3ccc4c(c3)CCC(c3ccccc3F)O4)CC2)C1. The average molecular weight is 460 g/mol. The van der Waals surface area contributed by atoms with Crippen LogP contribution in [-0.4, -0.2) is 38.1 Å². The smallest absolute Gasteiger partial charge is 0.151 e. The molecule has 2 fully saturated rings. The van der Waals surface area contributed by atoms with Crippen LogP contribution in [0.25, 0.3) is 0 Å². The summed E-state index contributed by atoms with van der Waals surface area (Å²) in [7, 11) is -2.84. The fourth-order valence-corrected chi connectivity index (χ4v) is 6.88. The van der Waals surface area contributed by atoms with Gasteiger partial charge < -0.3 is 14.8 Å². The summed E-state index contributed by atoms with van der Waals surface area (Å²) in [6.07, 6.45) is 6.13. The summed E-state index contributed by atoms with van der Waals surface area (Å²) < 4.78 is 49.8. The van der Waals surface area contributed by atoms with Gasteiger partial charge in [0.25, 0.3) is 0 Å². The predicted molar refractivity (Wildman–Crippen MR) is 121 cm³/mol. The molecule has 0 spiro atoms. The standard InChI is InChI=1S/C25H30FNO4S/c26-23-4-2-1-3-22(23)25-11-5-17-15-21(10-12-24(17)31-25)30-20-8-6-18(7-9-20)27-19-13-14-32(28,29)16-19/h1-4,10,12,15,18-20,25,27H,5-9,11,13-14,16H2. The molecule has 2 aliphatic heterocycles. The summed E-state index contributed by atoms with van der Waals surface area (Å²) in [4.78, 5) is 0. The normalized spacial score (nSPS) is 29.2. The number of benzene rings is 2. The number of hydrogen-bond donors (Lipinski definition) is 1. The molecule has 172 valence electrons. The van der Waals surface area contributed by atoms with Crippen molar-refractivity contribution in [3.63, 3.8) is 0 Å². The highest BCUT2D eigenvalue weighted by Gasteiger charge is 2.31. The fourth-order valence-electron chi connectivity index (χ4n) is 5.19. The van der Waals surface area contributed by atoms with Gasteiger partial charge in [0.05, 0.1) is 17.6 Å². The number of fused-ring (bicyclic) bond motifs is 1. The Balaban J connectivity index is 1.14. The Morgan fingerprint density at radius 2 is 1.78 bits per heavy atom. The molecule has 3 aliphatic rings. The molecule has 32 heavy (non-hydrogen) atoms. The van der Waals surface area contributed by atoms with Crippen molar-refractivity contribution in [3.8, 4) is 11.5 Å².